The molecule has 7 nitrogen and oxygen atoms in total. The summed E-state index contributed by atoms with van der Waals surface area (Å²) in [5.74, 6) is -1.10. The van der Waals surface area contributed by atoms with Crippen LogP contribution in [0.5, 0.6) is 0 Å². The molecule has 2 aromatic heterocycles. The number of aromatic nitrogens is 2. The lowest BCUT2D eigenvalue weighted by Crippen LogP contribution is -2.54. The van der Waals surface area contributed by atoms with Gasteiger partial charge < -0.3 is 20.9 Å². The number of nitrogens with zero attached hydrogens (tertiary/aromatic N) is 1. The summed E-state index contributed by atoms with van der Waals surface area (Å²) in [4.78, 5) is 32.1. The fourth-order valence-corrected chi connectivity index (χ4v) is 4.69. The van der Waals surface area contributed by atoms with Crippen molar-refractivity contribution in [2.24, 2.45) is 0 Å². The smallest absolute Gasteiger partial charge is 0.253 e. The minimum Gasteiger partial charge on any atom is -0.357 e. The third-order valence-corrected chi connectivity index (χ3v) is 6.43. The molecule has 0 bridgehead atoms. The zero-order valence-corrected chi connectivity index (χ0v) is 18.0. The molecule has 176 valence electrons. The van der Waals surface area contributed by atoms with Gasteiger partial charge in [-0.25, -0.2) is 4.39 Å². The predicted molar refractivity (Wildman–Crippen MR) is 131 cm³/mol. The average molecular weight is 462 g/mol. The summed E-state index contributed by atoms with van der Waals surface area (Å²) < 4.78 is 14.2. The van der Waals surface area contributed by atoms with Gasteiger partial charge in [-0.3, -0.25) is 14.6 Å². The molecule has 1 fully saturated rings. The molecule has 1 spiro atoms. The Morgan fingerprint density at radius 1 is 1.18 bits per heavy atom. The summed E-state index contributed by atoms with van der Waals surface area (Å²) in [6.45, 7) is 5.81. The molecule has 8 heteroatoms. The fraction of sp³-hybridized carbons (Fsp3) is 0.269. The zero-order chi connectivity index (χ0) is 23.0. The summed E-state index contributed by atoms with van der Waals surface area (Å²) in [6.07, 6.45) is 4.82. The topological polar surface area (TPSA) is 98.9 Å². The molecule has 4 heterocycles. The number of hydrogen-bond donors (Lipinski definition) is 4. The van der Waals surface area contributed by atoms with Crippen LogP contribution in [0.3, 0.4) is 0 Å². The Hall–Kier alpha value is -3.78. The first-order valence-corrected chi connectivity index (χ1v) is 10.9. The van der Waals surface area contributed by atoms with Crippen LogP contribution in [0.2, 0.25) is 0 Å². The standard InChI is InChI=1S/C25H24FN5O2.CH4/c1-2-22(32)30-21-11-15(4-5-18(21)26)19-10-16(6-9-28-19)20-12-17-23(31-20)25(14-29-24(17)33)7-3-8-27-13-25;/h2,4-6,9-12,27,31H,1,3,7-8,13-14H2,(H,29,33)(H,30,32);1H4. The second-order valence-corrected chi connectivity index (χ2v) is 8.53. The Morgan fingerprint density at radius 2 is 2.03 bits per heavy atom. The van der Waals surface area contributed by atoms with E-state index >= 15 is 0 Å². The van der Waals surface area contributed by atoms with Crippen LogP contribution in [0.15, 0.2) is 55.3 Å². The number of H-pyrrole nitrogens is 1. The number of halogens is 1. The molecule has 34 heavy (non-hydrogen) atoms. The number of piperidine rings is 1. The molecule has 2 aliphatic heterocycles. The van der Waals surface area contributed by atoms with Crippen LogP contribution in [0.4, 0.5) is 10.1 Å². The lowest BCUT2D eigenvalue weighted by atomic mass is 9.74. The third kappa shape index (κ3) is 4.12. The highest BCUT2D eigenvalue weighted by molar-refractivity contribution is 6.00. The SMILES string of the molecule is C.C=CC(=O)Nc1cc(-c2cc(-c3cc4c([nH]3)C3(CCCNC3)CNC4=O)ccn2)ccc1F. The zero-order valence-electron chi connectivity index (χ0n) is 18.0. The first-order chi connectivity index (χ1) is 16.0. The van der Waals surface area contributed by atoms with E-state index in [1.807, 2.05) is 18.2 Å². The number of amides is 2. The number of hydrogen-bond acceptors (Lipinski definition) is 4. The number of anilines is 1. The van der Waals surface area contributed by atoms with Crippen molar-refractivity contribution in [1.29, 1.82) is 0 Å². The molecule has 2 amide bonds. The van der Waals surface area contributed by atoms with Crippen molar-refractivity contribution in [2.45, 2.75) is 25.7 Å². The largest absolute Gasteiger partial charge is 0.357 e. The molecule has 3 aromatic rings. The Balaban J connectivity index is 0.00000274. The number of benzene rings is 1. The summed E-state index contributed by atoms with van der Waals surface area (Å²) in [7, 11) is 0. The van der Waals surface area contributed by atoms with E-state index in [4.69, 9.17) is 0 Å². The van der Waals surface area contributed by atoms with Gasteiger partial charge in [-0.1, -0.05) is 14.0 Å². The van der Waals surface area contributed by atoms with Crippen LogP contribution in [-0.2, 0) is 10.2 Å². The van der Waals surface area contributed by atoms with Gasteiger partial charge in [0.15, 0.2) is 0 Å². The number of pyridine rings is 1. The number of rotatable bonds is 4. The van der Waals surface area contributed by atoms with E-state index in [9.17, 15) is 14.0 Å². The lowest BCUT2D eigenvalue weighted by molar-refractivity contribution is -0.111. The van der Waals surface area contributed by atoms with Crippen LogP contribution in [0.1, 0.15) is 36.3 Å². The Morgan fingerprint density at radius 3 is 2.79 bits per heavy atom. The van der Waals surface area contributed by atoms with Crippen LogP contribution < -0.4 is 16.0 Å². The van der Waals surface area contributed by atoms with Crippen LogP contribution >= 0.6 is 0 Å². The number of fused-ring (bicyclic) bond motifs is 2. The molecule has 5 rings (SSSR count). The van der Waals surface area contributed by atoms with Crippen molar-refractivity contribution in [3.05, 3.63) is 72.3 Å². The Bertz CT molecular complexity index is 1260. The molecule has 4 N–H and O–H groups in total. The normalized spacial score (nSPS) is 19.0. The fourth-order valence-electron chi connectivity index (χ4n) is 4.69. The van der Waals surface area contributed by atoms with E-state index in [0.29, 0.717) is 23.4 Å². The third-order valence-electron chi connectivity index (χ3n) is 6.43. The monoisotopic (exact) mass is 461 g/mol. The number of carbonyl (C=O) groups is 2. The number of nitrogens with one attached hydrogen (secondary N) is 4. The van der Waals surface area contributed by atoms with E-state index in [1.54, 1.807) is 18.3 Å². The summed E-state index contributed by atoms with van der Waals surface area (Å²) >= 11 is 0. The highest BCUT2D eigenvalue weighted by Gasteiger charge is 2.42. The van der Waals surface area contributed by atoms with Gasteiger partial charge in [-0.15, -0.1) is 0 Å². The first kappa shape index (κ1) is 23.4. The van der Waals surface area contributed by atoms with Crippen molar-refractivity contribution in [1.82, 2.24) is 20.6 Å². The van der Waals surface area contributed by atoms with Crippen LogP contribution in [-0.4, -0.2) is 41.4 Å². The van der Waals surface area contributed by atoms with Gasteiger partial charge in [0.05, 0.1) is 16.9 Å². The van der Waals surface area contributed by atoms with Crippen molar-refractivity contribution < 1.29 is 14.0 Å². The van der Waals surface area contributed by atoms with Gasteiger partial charge in [0.2, 0.25) is 5.91 Å². The summed E-state index contributed by atoms with van der Waals surface area (Å²) in [6, 6.07) is 10.1. The van der Waals surface area contributed by atoms with E-state index in [2.05, 4.69) is 32.5 Å². The van der Waals surface area contributed by atoms with E-state index in [1.165, 1.54) is 6.07 Å². The number of carbonyl (C=O) groups excluding carboxylic acids is 2. The minimum absolute atomic E-state index is 0. The maximum atomic E-state index is 14.2. The molecule has 2 aliphatic rings. The Labute approximate surface area is 197 Å². The average Bonchev–Trinajstić information content (AvgIpc) is 3.31. The van der Waals surface area contributed by atoms with E-state index in [-0.39, 0.29) is 24.4 Å². The molecule has 0 aliphatic carbocycles. The summed E-state index contributed by atoms with van der Waals surface area (Å²) in [5, 5.41) is 8.98. The maximum Gasteiger partial charge on any atom is 0.253 e. The van der Waals surface area contributed by atoms with E-state index in [0.717, 1.165) is 49.0 Å². The van der Waals surface area contributed by atoms with E-state index < -0.39 is 11.7 Å². The van der Waals surface area contributed by atoms with Crippen molar-refractivity contribution >= 4 is 17.5 Å². The molecule has 0 saturated carbocycles. The van der Waals surface area contributed by atoms with Crippen molar-refractivity contribution in [2.75, 3.05) is 25.0 Å². The second kappa shape index (κ2) is 9.23. The maximum absolute atomic E-state index is 14.2. The van der Waals surface area contributed by atoms with Gasteiger partial charge >= 0.3 is 0 Å². The first-order valence-electron chi connectivity index (χ1n) is 10.9. The Kier molecular flexibility index (Phi) is 6.34. The molecule has 1 saturated heterocycles. The molecule has 1 aromatic carbocycles. The van der Waals surface area contributed by atoms with Gasteiger partial charge in [0.1, 0.15) is 5.82 Å². The predicted octanol–water partition coefficient (Wildman–Crippen LogP) is 4.01. The van der Waals surface area contributed by atoms with Crippen LogP contribution in [0.25, 0.3) is 22.5 Å². The van der Waals surface area contributed by atoms with Gasteiger partial charge in [0, 0.05) is 47.2 Å². The summed E-state index contributed by atoms with van der Waals surface area (Å²) in [5.41, 5.74) is 4.54. The second-order valence-electron chi connectivity index (χ2n) is 8.53. The number of aromatic amines is 1. The molecular formula is C26H28FN5O2. The van der Waals surface area contributed by atoms with Gasteiger partial charge in [-0.2, -0.15) is 0 Å². The van der Waals surface area contributed by atoms with Crippen LogP contribution in [0, 0.1) is 5.82 Å². The highest BCUT2D eigenvalue weighted by atomic mass is 19.1. The lowest BCUT2D eigenvalue weighted by Gasteiger charge is -2.40. The minimum atomic E-state index is -0.542. The van der Waals surface area contributed by atoms with Gasteiger partial charge in [-0.05, 0) is 61.9 Å². The molecular weight excluding hydrogens is 433 g/mol. The molecule has 1 unspecified atom stereocenters. The van der Waals surface area contributed by atoms with Crippen molar-refractivity contribution in [3.8, 4) is 22.5 Å². The van der Waals surface area contributed by atoms with Gasteiger partial charge in [0.25, 0.3) is 5.91 Å². The molecule has 1 atom stereocenters. The van der Waals surface area contributed by atoms with Crippen molar-refractivity contribution in [3.63, 3.8) is 0 Å². The highest BCUT2D eigenvalue weighted by Crippen LogP contribution is 2.38. The molecule has 0 radical (unpaired) electrons. The quantitative estimate of drug-likeness (QED) is 0.441.